The summed E-state index contributed by atoms with van der Waals surface area (Å²) in [5, 5.41) is 0. The van der Waals surface area contributed by atoms with Crippen LogP contribution in [0.3, 0.4) is 0 Å². The average molecular weight is 356 g/mol. The van der Waals surface area contributed by atoms with Gasteiger partial charge in [0.05, 0.1) is 10.9 Å². The molecule has 0 fully saturated rings. The SMILES string of the molecule is CCC(N)C(Oc1ccccc1OC)c1ccc(Br)s1. The molecule has 0 aliphatic rings. The normalized spacial score (nSPS) is 13.8. The zero-order valence-corrected chi connectivity index (χ0v) is 13.9. The van der Waals surface area contributed by atoms with Crippen LogP contribution in [0.4, 0.5) is 0 Å². The van der Waals surface area contributed by atoms with Crippen molar-refractivity contribution in [1.29, 1.82) is 0 Å². The lowest BCUT2D eigenvalue weighted by atomic mass is 10.1. The van der Waals surface area contributed by atoms with E-state index in [1.807, 2.05) is 36.4 Å². The van der Waals surface area contributed by atoms with Crippen LogP contribution in [0.1, 0.15) is 24.3 Å². The van der Waals surface area contributed by atoms with Crippen LogP contribution in [-0.2, 0) is 0 Å². The number of hydrogen-bond donors (Lipinski definition) is 1. The first-order valence-corrected chi connectivity index (χ1v) is 8.07. The Labute approximate surface area is 131 Å². The topological polar surface area (TPSA) is 44.5 Å². The number of thiophene rings is 1. The summed E-state index contributed by atoms with van der Waals surface area (Å²) in [6, 6.07) is 11.6. The maximum Gasteiger partial charge on any atom is 0.162 e. The van der Waals surface area contributed by atoms with Crippen molar-refractivity contribution in [1.82, 2.24) is 0 Å². The van der Waals surface area contributed by atoms with Gasteiger partial charge in [-0.05, 0) is 46.6 Å². The lowest BCUT2D eigenvalue weighted by molar-refractivity contribution is 0.168. The number of benzene rings is 1. The van der Waals surface area contributed by atoms with E-state index in [0.717, 1.165) is 20.8 Å². The van der Waals surface area contributed by atoms with Crippen LogP contribution in [0.5, 0.6) is 11.5 Å². The van der Waals surface area contributed by atoms with Crippen LogP contribution < -0.4 is 15.2 Å². The Hall–Kier alpha value is -1.04. The Morgan fingerprint density at radius 2 is 1.90 bits per heavy atom. The van der Waals surface area contributed by atoms with Gasteiger partial charge in [-0.15, -0.1) is 11.3 Å². The first-order valence-electron chi connectivity index (χ1n) is 6.46. The van der Waals surface area contributed by atoms with Crippen molar-refractivity contribution in [3.05, 3.63) is 45.1 Å². The van der Waals surface area contributed by atoms with E-state index in [2.05, 4.69) is 22.9 Å². The van der Waals surface area contributed by atoms with Crippen molar-refractivity contribution in [2.45, 2.75) is 25.5 Å². The predicted molar refractivity (Wildman–Crippen MR) is 86.6 cm³/mol. The van der Waals surface area contributed by atoms with E-state index in [1.165, 1.54) is 0 Å². The molecule has 2 unspecified atom stereocenters. The summed E-state index contributed by atoms with van der Waals surface area (Å²) < 4.78 is 12.5. The number of nitrogens with two attached hydrogens (primary N) is 1. The first-order chi connectivity index (χ1) is 9.65. The molecule has 0 spiro atoms. The van der Waals surface area contributed by atoms with E-state index >= 15 is 0 Å². The Morgan fingerprint density at radius 3 is 2.45 bits per heavy atom. The van der Waals surface area contributed by atoms with Crippen molar-refractivity contribution >= 4 is 27.3 Å². The fraction of sp³-hybridized carbons (Fsp3) is 0.333. The number of halogens is 1. The van der Waals surface area contributed by atoms with Crippen molar-refractivity contribution < 1.29 is 9.47 Å². The van der Waals surface area contributed by atoms with Gasteiger partial charge in [0.2, 0.25) is 0 Å². The van der Waals surface area contributed by atoms with E-state index in [4.69, 9.17) is 15.2 Å². The molecule has 1 heterocycles. The molecule has 108 valence electrons. The second-order valence-electron chi connectivity index (χ2n) is 4.40. The molecule has 0 aliphatic heterocycles. The lowest BCUT2D eigenvalue weighted by Crippen LogP contribution is -2.31. The Kier molecular flexibility index (Phi) is 5.46. The largest absolute Gasteiger partial charge is 0.493 e. The smallest absolute Gasteiger partial charge is 0.162 e. The highest BCUT2D eigenvalue weighted by Crippen LogP contribution is 2.36. The average Bonchev–Trinajstić information content (AvgIpc) is 2.90. The second kappa shape index (κ2) is 7.11. The lowest BCUT2D eigenvalue weighted by Gasteiger charge is -2.24. The fourth-order valence-corrected chi connectivity index (χ4v) is 3.43. The molecule has 2 aromatic rings. The summed E-state index contributed by atoms with van der Waals surface area (Å²) in [6.45, 7) is 2.06. The number of rotatable bonds is 6. The second-order valence-corrected chi connectivity index (χ2v) is 6.90. The van der Waals surface area contributed by atoms with Crippen LogP contribution in [-0.4, -0.2) is 13.2 Å². The van der Waals surface area contributed by atoms with Gasteiger partial charge in [-0.25, -0.2) is 0 Å². The third kappa shape index (κ3) is 3.53. The molecule has 5 heteroatoms. The van der Waals surface area contributed by atoms with Gasteiger partial charge in [0, 0.05) is 10.9 Å². The standard InChI is InChI=1S/C15H18BrNO2S/c1-3-10(17)15(13-8-9-14(16)20-13)19-12-7-5-4-6-11(12)18-2/h4-10,15H,3,17H2,1-2H3. The van der Waals surface area contributed by atoms with E-state index in [0.29, 0.717) is 5.75 Å². The van der Waals surface area contributed by atoms with E-state index in [-0.39, 0.29) is 12.1 Å². The highest BCUT2D eigenvalue weighted by Gasteiger charge is 2.23. The molecule has 1 aromatic heterocycles. The predicted octanol–water partition coefficient (Wildman–Crippen LogP) is 4.38. The number of para-hydroxylation sites is 2. The summed E-state index contributed by atoms with van der Waals surface area (Å²) in [6.07, 6.45) is 0.669. The van der Waals surface area contributed by atoms with Gasteiger partial charge in [-0.2, -0.15) is 0 Å². The molecule has 0 saturated heterocycles. The Balaban J connectivity index is 2.28. The minimum atomic E-state index is -0.174. The molecule has 2 rings (SSSR count). The van der Waals surface area contributed by atoms with Crippen LogP contribution in [0, 0.1) is 0 Å². The minimum Gasteiger partial charge on any atom is -0.493 e. The highest BCUT2D eigenvalue weighted by molar-refractivity contribution is 9.11. The van der Waals surface area contributed by atoms with Gasteiger partial charge >= 0.3 is 0 Å². The van der Waals surface area contributed by atoms with Gasteiger partial charge in [-0.3, -0.25) is 0 Å². The number of hydrogen-bond acceptors (Lipinski definition) is 4. The van der Waals surface area contributed by atoms with Crippen LogP contribution >= 0.6 is 27.3 Å². The molecule has 0 bridgehead atoms. The molecule has 20 heavy (non-hydrogen) atoms. The third-order valence-corrected chi connectivity index (χ3v) is 4.74. The first kappa shape index (κ1) is 15.4. The van der Waals surface area contributed by atoms with Crippen molar-refractivity contribution in [2.75, 3.05) is 7.11 Å². The summed E-state index contributed by atoms with van der Waals surface area (Å²) in [4.78, 5) is 1.11. The van der Waals surface area contributed by atoms with Crippen molar-refractivity contribution in [3.63, 3.8) is 0 Å². The Morgan fingerprint density at radius 1 is 1.20 bits per heavy atom. The molecule has 0 aliphatic carbocycles. The summed E-state index contributed by atoms with van der Waals surface area (Å²) in [5.74, 6) is 1.44. The molecular formula is C15H18BrNO2S. The fourth-order valence-electron chi connectivity index (χ4n) is 1.90. The zero-order valence-electron chi connectivity index (χ0n) is 11.5. The quantitative estimate of drug-likeness (QED) is 0.836. The molecule has 0 radical (unpaired) electrons. The summed E-state index contributed by atoms with van der Waals surface area (Å²) in [7, 11) is 1.64. The molecule has 1 aromatic carbocycles. The molecule has 0 amide bonds. The van der Waals surface area contributed by atoms with Gasteiger partial charge in [0.25, 0.3) is 0 Å². The maximum absolute atomic E-state index is 6.22. The number of ether oxygens (including phenoxy) is 2. The summed E-state index contributed by atoms with van der Waals surface area (Å²) >= 11 is 5.13. The minimum absolute atomic E-state index is 0.0644. The van der Waals surface area contributed by atoms with E-state index in [1.54, 1.807) is 18.4 Å². The molecule has 3 nitrogen and oxygen atoms in total. The van der Waals surface area contributed by atoms with Gasteiger partial charge in [0.15, 0.2) is 11.5 Å². The molecule has 0 saturated carbocycles. The molecule has 2 atom stereocenters. The van der Waals surface area contributed by atoms with Crippen LogP contribution in [0.25, 0.3) is 0 Å². The number of methoxy groups -OCH3 is 1. The van der Waals surface area contributed by atoms with E-state index < -0.39 is 0 Å². The maximum atomic E-state index is 6.22. The van der Waals surface area contributed by atoms with Crippen LogP contribution in [0.15, 0.2) is 40.2 Å². The Bertz CT molecular complexity index is 558. The van der Waals surface area contributed by atoms with Crippen LogP contribution in [0.2, 0.25) is 0 Å². The van der Waals surface area contributed by atoms with Gasteiger partial charge in [0.1, 0.15) is 6.10 Å². The molecule has 2 N–H and O–H groups in total. The van der Waals surface area contributed by atoms with Crippen molar-refractivity contribution in [3.8, 4) is 11.5 Å². The molecular weight excluding hydrogens is 338 g/mol. The van der Waals surface area contributed by atoms with E-state index in [9.17, 15) is 0 Å². The zero-order chi connectivity index (χ0) is 14.5. The van der Waals surface area contributed by atoms with Gasteiger partial charge < -0.3 is 15.2 Å². The highest BCUT2D eigenvalue weighted by atomic mass is 79.9. The monoisotopic (exact) mass is 355 g/mol. The third-order valence-electron chi connectivity index (χ3n) is 3.06. The summed E-state index contributed by atoms with van der Waals surface area (Å²) in [5.41, 5.74) is 6.22. The van der Waals surface area contributed by atoms with Gasteiger partial charge in [-0.1, -0.05) is 19.1 Å². The van der Waals surface area contributed by atoms with Crippen molar-refractivity contribution in [2.24, 2.45) is 5.73 Å².